The number of halogens is 1. The van der Waals surface area contributed by atoms with E-state index in [1.165, 1.54) is 12.1 Å². The number of aromatic nitrogens is 3. The third-order valence-corrected chi connectivity index (χ3v) is 9.37. The van der Waals surface area contributed by atoms with Gasteiger partial charge in [-0.25, -0.2) is 9.37 Å². The summed E-state index contributed by atoms with van der Waals surface area (Å²) in [5.41, 5.74) is 5.67. The summed E-state index contributed by atoms with van der Waals surface area (Å²) in [5, 5.41) is 11.7. The van der Waals surface area contributed by atoms with Crippen LogP contribution in [0.15, 0.2) is 97.1 Å². The molecule has 8 rings (SSSR count). The first-order valence-electron chi connectivity index (χ1n) is 16.6. The monoisotopic (exact) mass is 650 g/mol. The van der Waals surface area contributed by atoms with Gasteiger partial charge in [-0.15, -0.1) is 0 Å². The Hall–Kier alpha value is -5.80. The van der Waals surface area contributed by atoms with E-state index in [2.05, 4.69) is 37.6 Å². The van der Waals surface area contributed by atoms with Gasteiger partial charge in [-0.05, 0) is 80.1 Å². The van der Waals surface area contributed by atoms with E-state index < -0.39 is 5.82 Å². The van der Waals surface area contributed by atoms with Gasteiger partial charge in [0, 0.05) is 45.7 Å². The van der Waals surface area contributed by atoms with E-state index in [1.807, 2.05) is 73.8 Å². The van der Waals surface area contributed by atoms with Gasteiger partial charge in [0.05, 0.1) is 33.2 Å². The molecule has 5 aromatic carbocycles. The van der Waals surface area contributed by atoms with E-state index in [0.717, 1.165) is 69.4 Å². The number of pyridine rings is 1. The molecule has 0 bridgehead atoms. The molecule has 3 heterocycles. The number of benzene rings is 5. The predicted octanol–water partition coefficient (Wildman–Crippen LogP) is 7.67. The first-order chi connectivity index (χ1) is 24.0. The molecule has 3 aromatic heterocycles. The lowest BCUT2D eigenvalue weighted by Crippen LogP contribution is -2.31. The molecule has 2 amide bonds. The number of hydrogen-bond acceptors (Lipinski definition) is 4. The van der Waals surface area contributed by atoms with E-state index in [1.54, 1.807) is 6.07 Å². The number of rotatable bonds is 10. The van der Waals surface area contributed by atoms with E-state index >= 15 is 0 Å². The number of para-hydroxylation sites is 2. The fourth-order valence-corrected chi connectivity index (χ4v) is 7.00. The molecule has 4 N–H and O–H groups in total. The van der Waals surface area contributed by atoms with Crippen molar-refractivity contribution in [3.8, 4) is 0 Å². The molecular weight excluding hydrogens is 615 g/mol. The third kappa shape index (κ3) is 5.62. The van der Waals surface area contributed by atoms with Crippen LogP contribution < -0.4 is 10.6 Å². The average Bonchev–Trinajstić information content (AvgIpc) is 3.67. The lowest BCUT2D eigenvalue weighted by atomic mass is 9.99. The standard InChI is InChI=1S/C40H35FN6O2/c1-47(20-8-18-42-39(48)34-26-11-3-2-10-24(26)22-29-27-12-4-6-14-31(27)44-36(29)34)21-9-19-43-40(49)35-30-23-25(41)16-17-33(30)45-37-28-13-5-7-15-32(28)46-38(35)37/h2-7,10-17,22-23,44,46H,8-9,18-21H2,1H3,(H,42,48)(H,43,49). The molecule has 0 aliphatic rings. The molecule has 0 fully saturated rings. The van der Waals surface area contributed by atoms with Crippen molar-refractivity contribution in [2.24, 2.45) is 0 Å². The van der Waals surface area contributed by atoms with E-state index in [-0.39, 0.29) is 11.8 Å². The highest BCUT2D eigenvalue weighted by Gasteiger charge is 2.21. The molecular formula is C40H35FN6O2. The SMILES string of the molecule is CN(CCCNC(=O)c1c2ccccc2cc2c1[nH]c1ccccc12)CCCNC(=O)c1c2cc(F)ccc2nc2c1[nH]c1ccccc12. The Morgan fingerprint density at radius 2 is 1.27 bits per heavy atom. The number of carbonyl (C=O) groups is 2. The highest BCUT2D eigenvalue weighted by Crippen LogP contribution is 2.34. The summed E-state index contributed by atoms with van der Waals surface area (Å²) >= 11 is 0. The van der Waals surface area contributed by atoms with Crippen molar-refractivity contribution >= 4 is 77.2 Å². The van der Waals surface area contributed by atoms with Gasteiger partial charge in [-0.3, -0.25) is 9.59 Å². The largest absolute Gasteiger partial charge is 0.354 e. The highest BCUT2D eigenvalue weighted by atomic mass is 19.1. The molecule has 0 spiro atoms. The Labute approximate surface area is 281 Å². The number of fused-ring (bicyclic) bond motifs is 8. The Kier molecular flexibility index (Phi) is 7.89. The van der Waals surface area contributed by atoms with Crippen molar-refractivity contribution in [3.63, 3.8) is 0 Å². The summed E-state index contributed by atoms with van der Waals surface area (Å²) in [7, 11) is 2.04. The number of hydrogen-bond donors (Lipinski definition) is 4. The number of aromatic amines is 2. The van der Waals surface area contributed by atoms with Crippen molar-refractivity contribution in [1.29, 1.82) is 0 Å². The number of nitrogens with one attached hydrogen (secondary N) is 4. The van der Waals surface area contributed by atoms with Gasteiger partial charge in [0.25, 0.3) is 11.8 Å². The van der Waals surface area contributed by atoms with Crippen LogP contribution in [-0.2, 0) is 0 Å². The summed E-state index contributed by atoms with van der Waals surface area (Å²) in [4.78, 5) is 40.9. The second-order valence-corrected chi connectivity index (χ2v) is 12.6. The molecule has 244 valence electrons. The van der Waals surface area contributed by atoms with E-state index in [9.17, 15) is 14.0 Å². The van der Waals surface area contributed by atoms with Crippen LogP contribution >= 0.6 is 0 Å². The molecule has 0 saturated heterocycles. The second-order valence-electron chi connectivity index (χ2n) is 12.6. The van der Waals surface area contributed by atoms with Gasteiger partial charge < -0.3 is 25.5 Å². The van der Waals surface area contributed by atoms with Gasteiger partial charge in [0.1, 0.15) is 5.82 Å². The molecule has 8 aromatic rings. The van der Waals surface area contributed by atoms with Crippen molar-refractivity contribution in [2.45, 2.75) is 12.8 Å². The smallest absolute Gasteiger partial charge is 0.254 e. The van der Waals surface area contributed by atoms with Gasteiger partial charge >= 0.3 is 0 Å². The first kappa shape index (κ1) is 30.5. The average molecular weight is 651 g/mol. The van der Waals surface area contributed by atoms with Crippen LogP contribution in [0.25, 0.3) is 65.4 Å². The van der Waals surface area contributed by atoms with Gasteiger partial charge in [-0.1, -0.05) is 60.7 Å². The van der Waals surface area contributed by atoms with Gasteiger partial charge in [-0.2, -0.15) is 0 Å². The van der Waals surface area contributed by atoms with Crippen LogP contribution in [0.1, 0.15) is 33.6 Å². The topological polar surface area (TPSA) is 106 Å². The molecule has 0 unspecified atom stereocenters. The summed E-state index contributed by atoms with van der Waals surface area (Å²) in [5.74, 6) is -0.774. The van der Waals surface area contributed by atoms with Crippen molar-refractivity contribution in [1.82, 2.24) is 30.5 Å². The Balaban J connectivity index is 0.884. The van der Waals surface area contributed by atoms with Crippen LogP contribution in [0.4, 0.5) is 4.39 Å². The summed E-state index contributed by atoms with van der Waals surface area (Å²) < 4.78 is 14.3. The predicted molar refractivity (Wildman–Crippen MR) is 196 cm³/mol. The minimum atomic E-state index is -0.417. The maximum Gasteiger partial charge on any atom is 0.254 e. The molecule has 8 nitrogen and oxygen atoms in total. The van der Waals surface area contributed by atoms with Gasteiger partial charge in [0.15, 0.2) is 0 Å². The highest BCUT2D eigenvalue weighted by molar-refractivity contribution is 6.23. The molecule has 9 heteroatoms. The number of H-pyrrole nitrogens is 2. The molecule has 0 saturated carbocycles. The molecule has 0 atom stereocenters. The zero-order valence-corrected chi connectivity index (χ0v) is 27.1. The van der Waals surface area contributed by atoms with Crippen molar-refractivity contribution in [2.75, 3.05) is 33.2 Å². The molecule has 0 radical (unpaired) electrons. The zero-order valence-electron chi connectivity index (χ0n) is 27.1. The molecule has 0 aliphatic heterocycles. The minimum absolute atomic E-state index is 0.0914. The molecule has 49 heavy (non-hydrogen) atoms. The Morgan fingerprint density at radius 1 is 0.673 bits per heavy atom. The van der Waals surface area contributed by atoms with Crippen LogP contribution in [0.2, 0.25) is 0 Å². The lowest BCUT2D eigenvalue weighted by Gasteiger charge is -2.17. The normalized spacial score (nSPS) is 11.9. The quantitative estimate of drug-likeness (QED) is 0.114. The summed E-state index contributed by atoms with van der Waals surface area (Å²) in [6.07, 6.45) is 1.51. The van der Waals surface area contributed by atoms with Crippen molar-refractivity contribution in [3.05, 3.63) is 114 Å². The van der Waals surface area contributed by atoms with Crippen molar-refractivity contribution < 1.29 is 14.0 Å². The number of nitrogens with zero attached hydrogens (tertiary/aromatic N) is 2. The summed E-state index contributed by atoms with van der Waals surface area (Å²) in [6, 6.07) is 30.4. The lowest BCUT2D eigenvalue weighted by molar-refractivity contribution is 0.0948. The van der Waals surface area contributed by atoms with Crippen LogP contribution in [0.3, 0.4) is 0 Å². The second kappa shape index (κ2) is 12.7. The maximum atomic E-state index is 14.3. The van der Waals surface area contributed by atoms with Gasteiger partial charge in [0.2, 0.25) is 0 Å². The van der Waals surface area contributed by atoms with E-state index in [0.29, 0.717) is 46.2 Å². The summed E-state index contributed by atoms with van der Waals surface area (Å²) in [6.45, 7) is 2.55. The maximum absolute atomic E-state index is 14.3. The Bertz CT molecular complexity index is 2550. The Morgan fingerprint density at radius 3 is 2.00 bits per heavy atom. The van der Waals surface area contributed by atoms with Crippen LogP contribution in [0, 0.1) is 5.82 Å². The number of amides is 2. The fraction of sp³-hybridized carbons (Fsp3) is 0.175. The zero-order chi connectivity index (χ0) is 33.5. The van der Waals surface area contributed by atoms with Crippen LogP contribution in [0.5, 0.6) is 0 Å². The first-order valence-corrected chi connectivity index (χ1v) is 16.6. The number of carbonyl (C=O) groups excluding carboxylic acids is 2. The fourth-order valence-electron chi connectivity index (χ4n) is 7.00. The minimum Gasteiger partial charge on any atom is -0.354 e. The molecule has 0 aliphatic carbocycles. The third-order valence-electron chi connectivity index (χ3n) is 9.37. The van der Waals surface area contributed by atoms with Crippen LogP contribution in [-0.4, -0.2) is 64.9 Å². The van der Waals surface area contributed by atoms with E-state index in [4.69, 9.17) is 4.98 Å².